The molecular formula is C26H36BNO4. The number of carbonyl (C=O) groups is 1. The van der Waals surface area contributed by atoms with Crippen LogP contribution in [0.1, 0.15) is 58.4 Å². The molecule has 1 aromatic rings. The second-order valence-electron chi connectivity index (χ2n) is 11.9. The molecule has 6 aliphatic rings. The van der Waals surface area contributed by atoms with E-state index >= 15 is 0 Å². The molecule has 1 aromatic carbocycles. The van der Waals surface area contributed by atoms with Gasteiger partial charge in [-0.25, -0.2) is 4.79 Å². The molecule has 0 spiro atoms. The Morgan fingerprint density at radius 2 is 2.00 bits per heavy atom. The highest BCUT2D eigenvalue weighted by atomic mass is 16.7. The fourth-order valence-corrected chi connectivity index (χ4v) is 7.56. The Morgan fingerprint density at radius 3 is 2.69 bits per heavy atom. The van der Waals surface area contributed by atoms with Crippen LogP contribution in [0.3, 0.4) is 0 Å². The van der Waals surface area contributed by atoms with Crippen molar-refractivity contribution in [2.24, 2.45) is 35.0 Å². The Morgan fingerprint density at radius 1 is 1.19 bits per heavy atom. The van der Waals surface area contributed by atoms with E-state index in [-0.39, 0.29) is 23.7 Å². The smallest absolute Gasteiger partial charge is 0.449 e. The molecule has 6 fully saturated rings. The lowest BCUT2D eigenvalue weighted by molar-refractivity contribution is -0.199. The summed E-state index contributed by atoms with van der Waals surface area (Å²) in [6.45, 7) is 7.50. The summed E-state index contributed by atoms with van der Waals surface area (Å²) in [7, 11) is -0.452. The van der Waals surface area contributed by atoms with Gasteiger partial charge in [0.2, 0.25) is 0 Å². The van der Waals surface area contributed by atoms with E-state index in [2.05, 4.69) is 38.2 Å². The van der Waals surface area contributed by atoms with Crippen molar-refractivity contribution in [3.8, 4) is 0 Å². The number of amides is 1. The normalized spacial score (nSPS) is 41.3. The van der Waals surface area contributed by atoms with E-state index in [0.29, 0.717) is 36.2 Å². The van der Waals surface area contributed by atoms with Gasteiger partial charge in [0.25, 0.3) is 0 Å². The predicted octanol–water partition coefficient (Wildman–Crippen LogP) is 4.64. The number of alkyl carbamates (subject to hydrolysis) is 1. The first-order valence-electron chi connectivity index (χ1n) is 12.6. The SMILES string of the molecule is CC1(C)[C@@H]2C[C@H]3OB([C@H](Cc4ccccc4)NC(=O)OC[C@H]4CC[C@H]5C[C@@H]45)O[C@@]3(C)[C@H]1C2. The number of hydrogen-bond donors (Lipinski definition) is 1. The first kappa shape index (κ1) is 21.0. The number of hydrogen-bond acceptors (Lipinski definition) is 4. The highest BCUT2D eigenvalue weighted by molar-refractivity contribution is 6.47. The van der Waals surface area contributed by atoms with Gasteiger partial charge >= 0.3 is 13.2 Å². The maximum atomic E-state index is 12.8. The summed E-state index contributed by atoms with van der Waals surface area (Å²) in [5, 5.41) is 3.12. The van der Waals surface area contributed by atoms with Crippen molar-refractivity contribution in [3.63, 3.8) is 0 Å². The van der Waals surface area contributed by atoms with E-state index < -0.39 is 7.12 Å². The minimum Gasteiger partial charge on any atom is -0.449 e. The fourth-order valence-electron chi connectivity index (χ4n) is 7.56. The van der Waals surface area contributed by atoms with E-state index in [1.165, 1.54) is 25.7 Å². The Kier molecular flexibility index (Phi) is 4.93. The van der Waals surface area contributed by atoms with Gasteiger partial charge < -0.3 is 19.4 Å². The standard InChI is InChI=1S/C26H36BNO4/c1-25(2)19-13-21(25)26(3)22(14-19)31-27(32-26)23(11-16-7-5-4-6-8-16)28-24(29)30-15-18-10-9-17-12-20(17)18/h4-8,17-23H,9-15H2,1-3H3,(H,28,29)/t17-,18+,19-,20+,21-,22+,23-,26-/m0/s1. The largest absolute Gasteiger partial charge is 0.482 e. The topological polar surface area (TPSA) is 56.8 Å². The van der Waals surface area contributed by atoms with Crippen LogP contribution in [0, 0.1) is 35.0 Å². The molecule has 8 atom stereocenters. The van der Waals surface area contributed by atoms with Crippen molar-refractivity contribution in [2.45, 2.75) is 76.9 Å². The van der Waals surface area contributed by atoms with Crippen molar-refractivity contribution in [1.82, 2.24) is 5.32 Å². The van der Waals surface area contributed by atoms with Crippen molar-refractivity contribution < 1.29 is 18.8 Å². The molecule has 5 nitrogen and oxygen atoms in total. The quantitative estimate of drug-likeness (QED) is 0.659. The van der Waals surface area contributed by atoms with Gasteiger partial charge in [0, 0.05) is 0 Å². The first-order chi connectivity index (χ1) is 15.3. The van der Waals surface area contributed by atoms with Crippen LogP contribution in [0.15, 0.2) is 30.3 Å². The molecule has 7 rings (SSSR count). The lowest BCUT2D eigenvalue weighted by Crippen LogP contribution is -2.65. The number of fused-ring (bicyclic) bond motifs is 1. The van der Waals surface area contributed by atoms with Gasteiger partial charge in [-0.05, 0) is 86.0 Å². The molecule has 1 aliphatic heterocycles. The summed E-state index contributed by atoms with van der Waals surface area (Å²) in [6.07, 6.45) is 6.52. The number of ether oxygens (including phenoxy) is 1. The van der Waals surface area contributed by atoms with Crippen LogP contribution < -0.4 is 5.32 Å². The predicted molar refractivity (Wildman–Crippen MR) is 123 cm³/mol. The molecule has 1 N–H and O–H groups in total. The maximum absolute atomic E-state index is 12.8. The maximum Gasteiger partial charge on any atom is 0.482 e. The van der Waals surface area contributed by atoms with Gasteiger partial charge in [0.05, 0.1) is 24.3 Å². The van der Waals surface area contributed by atoms with Gasteiger partial charge in [0.15, 0.2) is 0 Å². The van der Waals surface area contributed by atoms with Crippen LogP contribution in [0.4, 0.5) is 4.79 Å². The van der Waals surface area contributed by atoms with Crippen LogP contribution in [-0.2, 0) is 20.5 Å². The number of rotatable bonds is 6. The van der Waals surface area contributed by atoms with Gasteiger partial charge in [-0.3, -0.25) is 0 Å². The Labute approximate surface area is 192 Å². The Hall–Kier alpha value is -1.53. The average molecular weight is 437 g/mol. The van der Waals surface area contributed by atoms with Crippen LogP contribution in [0.5, 0.6) is 0 Å². The summed E-state index contributed by atoms with van der Waals surface area (Å²) in [4.78, 5) is 12.8. The molecule has 5 aliphatic carbocycles. The van der Waals surface area contributed by atoms with E-state index in [0.717, 1.165) is 23.8 Å². The van der Waals surface area contributed by atoms with Gasteiger partial charge in [-0.2, -0.15) is 0 Å². The monoisotopic (exact) mass is 437 g/mol. The molecule has 2 bridgehead atoms. The molecule has 32 heavy (non-hydrogen) atoms. The van der Waals surface area contributed by atoms with Gasteiger partial charge in [-0.15, -0.1) is 0 Å². The number of nitrogens with one attached hydrogen (secondary N) is 1. The summed E-state index contributed by atoms with van der Waals surface area (Å²) in [5.74, 6) is 3.18. The fraction of sp³-hybridized carbons (Fsp3) is 0.731. The third-order valence-corrected chi connectivity index (χ3v) is 9.82. The number of benzene rings is 1. The molecule has 1 heterocycles. The number of carbonyl (C=O) groups excluding carboxylic acids is 1. The molecule has 1 amide bonds. The molecule has 6 heteroatoms. The zero-order chi connectivity index (χ0) is 22.1. The van der Waals surface area contributed by atoms with Gasteiger partial charge in [0.1, 0.15) is 0 Å². The van der Waals surface area contributed by atoms with Gasteiger partial charge in [-0.1, -0.05) is 44.2 Å². The van der Waals surface area contributed by atoms with Crippen molar-refractivity contribution in [1.29, 1.82) is 0 Å². The molecule has 172 valence electrons. The van der Waals surface area contributed by atoms with Crippen LogP contribution in [-0.4, -0.2) is 37.5 Å². The minimum absolute atomic E-state index is 0.102. The van der Waals surface area contributed by atoms with E-state index in [9.17, 15) is 4.79 Å². The van der Waals surface area contributed by atoms with Crippen molar-refractivity contribution >= 4 is 13.2 Å². The summed E-state index contributed by atoms with van der Waals surface area (Å²) >= 11 is 0. The van der Waals surface area contributed by atoms with Crippen LogP contribution in [0.25, 0.3) is 0 Å². The highest BCUT2D eigenvalue weighted by Crippen LogP contribution is 2.65. The lowest BCUT2D eigenvalue weighted by atomic mass is 9.43. The summed E-state index contributed by atoms with van der Waals surface area (Å²) in [6, 6.07) is 10.3. The molecule has 1 saturated heterocycles. The highest BCUT2D eigenvalue weighted by Gasteiger charge is 2.68. The van der Waals surface area contributed by atoms with Crippen LogP contribution in [0.2, 0.25) is 0 Å². The Bertz CT molecular complexity index is 878. The molecule has 0 unspecified atom stereocenters. The Balaban J connectivity index is 1.15. The summed E-state index contributed by atoms with van der Waals surface area (Å²) < 4.78 is 18.9. The first-order valence-corrected chi connectivity index (χ1v) is 12.6. The lowest BCUT2D eigenvalue weighted by Gasteiger charge is -2.64. The average Bonchev–Trinajstić information content (AvgIpc) is 3.29. The van der Waals surface area contributed by atoms with Crippen molar-refractivity contribution in [3.05, 3.63) is 35.9 Å². The zero-order valence-electron chi connectivity index (χ0n) is 19.6. The zero-order valence-corrected chi connectivity index (χ0v) is 19.6. The molecular weight excluding hydrogens is 401 g/mol. The summed E-state index contributed by atoms with van der Waals surface area (Å²) in [5.41, 5.74) is 1.17. The third-order valence-electron chi connectivity index (χ3n) is 9.82. The molecule has 5 saturated carbocycles. The van der Waals surface area contributed by atoms with Crippen LogP contribution >= 0.6 is 0 Å². The van der Waals surface area contributed by atoms with E-state index in [4.69, 9.17) is 14.0 Å². The van der Waals surface area contributed by atoms with E-state index in [1.807, 2.05) is 18.2 Å². The second-order valence-corrected chi connectivity index (χ2v) is 11.9. The second kappa shape index (κ2) is 7.49. The third kappa shape index (κ3) is 3.40. The van der Waals surface area contributed by atoms with Crippen molar-refractivity contribution in [2.75, 3.05) is 6.61 Å². The van der Waals surface area contributed by atoms with E-state index in [1.54, 1.807) is 0 Å². The molecule has 0 aromatic heterocycles. The minimum atomic E-state index is -0.452. The molecule has 0 radical (unpaired) electrons.